The lowest BCUT2D eigenvalue weighted by molar-refractivity contribution is -0.114. The number of rotatable bonds is 5. The highest BCUT2D eigenvalue weighted by molar-refractivity contribution is 6.00. The van der Waals surface area contributed by atoms with Gasteiger partial charge in [0.25, 0.3) is 5.91 Å². The Labute approximate surface area is 139 Å². The van der Waals surface area contributed by atoms with Gasteiger partial charge in [-0.1, -0.05) is 12.1 Å². The molecule has 0 fully saturated rings. The maximum absolute atomic E-state index is 11.8. The SMILES string of the molecule is CC(C)OC(=O)c1ccc(-c2ccc(/C=C(\C#N)C(N)=O)o2)cc1. The molecule has 0 bridgehead atoms. The van der Waals surface area contributed by atoms with E-state index in [2.05, 4.69) is 0 Å². The largest absolute Gasteiger partial charge is 0.459 e. The second-order valence-corrected chi connectivity index (χ2v) is 5.27. The molecule has 1 heterocycles. The highest BCUT2D eigenvalue weighted by atomic mass is 16.5. The molecule has 0 aliphatic heterocycles. The quantitative estimate of drug-likeness (QED) is 0.517. The zero-order valence-corrected chi connectivity index (χ0v) is 13.3. The number of hydrogen-bond donors (Lipinski definition) is 1. The van der Waals surface area contributed by atoms with Crippen molar-refractivity contribution >= 4 is 18.0 Å². The molecule has 122 valence electrons. The third-order valence-corrected chi connectivity index (χ3v) is 3.05. The predicted octanol–water partition coefficient (Wildman–Crippen LogP) is 2.90. The number of nitriles is 1. The Kier molecular flexibility index (Phi) is 5.17. The van der Waals surface area contributed by atoms with Crippen LogP contribution in [0.3, 0.4) is 0 Å². The standard InChI is InChI=1S/C18H16N2O4/c1-11(2)23-18(22)13-5-3-12(4-6-13)16-8-7-15(24-16)9-14(10-19)17(20)21/h3-9,11H,1-2H3,(H2,20,21)/b14-9+. The van der Waals surface area contributed by atoms with Crippen molar-refractivity contribution in [3.8, 4) is 17.4 Å². The van der Waals surface area contributed by atoms with Crippen LogP contribution in [0.25, 0.3) is 17.4 Å². The van der Waals surface area contributed by atoms with E-state index in [0.717, 1.165) is 5.56 Å². The van der Waals surface area contributed by atoms with Crippen LogP contribution < -0.4 is 5.73 Å². The Hall–Kier alpha value is -3.33. The minimum atomic E-state index is -0.816. The van der Waals surface area contributed by atoms with E-state index >= 15 is 0 Å². The van der Waals surface area contributed by atoms with Gasteiger partial charge in [-0.2, -0.15) is 5.26 Å². The van der Waals surface area contributed by atoms with Gasteiger partial charge in [-0.15, -0.1) is 0 Å². The Morgan fingerprint density at radius 1 is 1.21 bits per heavy atom. The smallest absolute Gasteiger partial charge is 0.338 e. The van der Waals surface area contributed by atoms with Gasteiger partial charge in [-0.3, -0.25) is 4.79 Å². The first kappa shape index (κ1) is 17.0. The molecule has 1 amide bonds. The number of ether oxygens (including phenoxy) is 1. The lowest BCUT2D eigenvalue weighted by atomic mass is 10.1. The number of furan rings is 1. The number of benzene rings is 1. The molecule has 2 rings (SSSR count). The molecule has 0 spiro atoms. The molecule has 2 N–H and O–H groups in total. The third kappa shape index (κ3) is 4.11. The van der Waals surface area contributed by atoms with Crippen molar-refractivity contribution in [1.82, 2.24) is 0 Å². The molecule has 0 aliphatic rings. The molecule has 1 aromatic heterocycles. The first-order valence-corrected chi connectivity index (χ1v) is 7.23. The summed E-state index contributed by atoms with van der Waals surface area (Å²) in [5.41, 5.74) is 6.07. The summed E-state index contributed by atoms with van der Waals surface area (Å²) < 4.78 is 10.7. The molecule has 0 aliphatic carbocycles. The van der Waals surface area contributed by atoms with Crippen LogP contribution in [0.4, 0.5) is 0 Å². The molecule has 0 unspecified atom stereocenters. The molecule has 24 heavy (non-hydrogen) atoms. The zero-order chi connectivity index (χ0) is 17.7. The number of amides is 1. The van der Waals surface area contributed by atoms with Gasteiger partial charge in [0.2, 0.25) is 0 Å². The first-order valence-electron chi connectivity index (χ1n) is 7.23. The monoisotopic (exact) mass is 324 g/mol. The van der Waals surface area contributed by atoms with Crippen LogP contribution in [0, 0.1) is 11.3 Å². The van der Waals surface area contributed by atoms with Gasteiger partial charge in [-0.25, -0.2) is 4.79 Å². The van der Waals surface area contributed by atoms with E-state index in [-0.39, 0.29) is 17.6 Å². The summed E-state index contributed by atoms with van der Waals surface area (Å²) in [6.45, 7) is 3.57. The molecule has 2 aromatic rings. The zero-order valence-electron chi connectivity index (χ0n) is 13.3. The average Bonchev–Trinajstić information content (AvgIpc) is 3.00. The Bertz CT molecular complexity index is 823. The summed E-state index contributed by atoms with van der Waals surface area (Å²) in [5.74, 6) is -0.335. The van der Waals surface area contributed by atoms with Gasteiger partial charge >= 0.3 is 5.97 Å². The van der Waals surface area contributed by atoms with Crippen molar-refractivity contribution < 1.29 is 18.7 Å². The number of primary amides is 1. The van der Waals surface area contributed by atoms with E-state index < -0.39 is 5.91 Å². The summed E-state index contributed by atoms with van der Waals surface area (Å²) in [6.07, 6.45) is 1.09. The normalized spacial score (nSPS) is 11.2. The fraction of sp³-hybridized carbons (Fsp3) is 0.167. The van der Waals surface area contributed by atoms with E-state index in [9.17, 15) is 9.59 Å². The molecule has 0 saturated carbocycles. The van der Waals surface area contributed by atoms with Gasteiger partial charge in [0, 0.05) is 11.6 Å². The van der Waals surface area contributed by atoms with Crippen LogP contribution in [0.2, 0.25) is 0 Å². The molecule has 0 radical (unpaired) electrons. The molecule has 6 heteroatoms. The van der Waals surface area contributed by atoms with Crippen LogP contribution in [-0.2, 0) is 9.53 Å². The average molecular weight is 324 g/mol. The van der Waals surface area contributed by atoms with Crippen LogP contribution in [0.5, 0.6) is 0 Å². The maximum atomic E-state index is 11.8. The Morgan fingerprint density at radius 3 is 2.42 bits per heavy atom. The molecular weight excluding hydrogens is 308 g/mol. The van der Waals surface area contributed by atoms with Gasteiger partial charge < -0.3 is 14.9 Å². The predicted molar refractivity (Wildman–Crippen MR) is 87.5 cm³/mol. The van der Waals surface area contributed by atoms with Crippen molar-refractivity contribution in [2.75, 3.05) is 0 Å². The van der Waals surface area contributed by atoms with Crippen molar-refractivity contribution in [3.63, 3.8) is 0 Å². The molecule has 1 aromatic carbocycles. The van der Waals surface area contributed by atoms with Gasteiger partial charge in [0.1, 0.15) is 23.2 Å². The molecule has 0 saturated heterocycles. The summed E-state index contributed by atoms with van der Waals surface area (Å²) >= 11 is 0. The van der Waals surface area contributed by atoms with E-state index in [1.807, 2.05) is 0 Å². The lowest BCUT2D eigenvalue weighted by Crippen LogP contribution is -2.12. The molecular formula is C18H16N2O4. The number of carbonyl (C=O) groups is 2. The summed E-state index contributed by atoms with van der Waals surface area (Å²) in [4.78, 5) is 22.8. The van der Waals surface area contributed by atoms with Crippen molar-refractivity contribution in [1.29, 1.82) is 5.26 Å². The van der Waals surface area contributed by atoms with E-state index in [1.54, 1.807) is 56.3 Å². The van der Waals surface area contributed by atoms with Crippen LogP contribution in [-0.4, -0.2) is 18.0 Å². The molecule has 0 atom stereocenters. The van der Waals surface area contributed by atoms with E-state index in [1.165, 1.54) is 6.08 Å². The van der Waals surface area contributed by atoms with Crippen LogP contribution >= 0.6 is 0 Å². The molecule has 6 nitrogen and oxygen atoms in total. The fourth-order valence-corrected chi connectivity index (χ4v) is 1.94. The van der Waals surface area contributed by atoms with Gasteiger partial charge in [0.15, 0.2) is 0 Å². The summed E-state index contributed by atoms with van der Waals surface area (Å²) in [7, 11) is 0. The number of hydrogen-bond acceptors (Lipinski definition) is 5. The highest BCUT2D eigenvalue weighted by Crippen LogP contribution is 2.24. The maximum Gasteiger partial charge on any atom is 0.338 e. The van der Waals surface area contributed by atoms with Crippen LogP contribution in [0.1, 0.15) is 30.0 Å². The second-order valence-electron chi connectivity index (χ2n) is 5.27. The van der Waals surface area contributed by atoms with Crippen molar-refractivity contribution in [2.45, 2.75) is 20.0 Å². The second kappa shape index (κ2) is 7.29. The highest BCUT2D eigenvalue weighted by Gasteiger charge is 2.11. The summed E-state index contributed by atoms with van der Waals surface area (Å²) in [5, 5.41) is 8.82. The number of carbonyl (C=O) groups excluding carboxylic acids is 2. The fourth-order valence-electron chi connectivity index (χ4n) is 1.94. The Morgan fingerprint density at radius 2 is 1.88 bits per heavy atom. The van der Waals surface area contributed by atoms with E-state index in [0.29, 0.717) is 17.1 Å². The third-order valence-electron chi connectivity index (χ3n) is 3.05. The van der Waals surface area contributed by atoms with Gasteiger partial charge in [-0.05, 0) is 38.1 Å². The Balaban J connectivity index is 2.20. The van der Waals surface area contributed by atoms with Crippen molar-refractivity contribution in [2.24, 2.45) is 5.73 Å². The van der Waals surface area contributed by atoms with E-state index in [4.69, 9.17) is 20.1 Å². The summed E-state index contributed by atoms with van der Waals surface area (Å²) in [6, 6.07) is 11.8. The minimum absolute atomic E-state index is 0.184. The van der Waals surface area contributed by atoms with Gasteiger partial charge in [0.05, 0.1) is 11.7 Å². The first-order chi connectivity index (χ1) is 11.4. The topological polar surface area (TPSA) is 106 Å². The number of nitrogens with zero attached hydrogens (tertiary/aromatic N) is 1. The minimum Gasteiger partial charge on any atom is -0.459 e. The lowest BCUT2D eigenvalue weighted by Gasteiger charge is -2.07. The van der Waals surface area contributed by atoms with Crippen LogP contribution in [0.15, 0.2) is 46.4 Å². The number of esters is 1. The van der Waals surface area contributed by atoms with Crippen molar-refractivity contribution in [3.05, 3.63) is 53.3 Å². The number of nitrogens with two attached hydrogens (primary N) is 1.